The number of aliphatic hydroxyl groups excluding tert-OH is 1. The highest BCUT2D eigenvalue weighted by atomic mass is 35.5. The number of hydrogen-bond donors (Lipinski definition) is 2. The molecule has 7 atom stereocenters. The van der Waals surface area contributed by atoms with Gasteiger partial charge in [-0.2, -0.15) is 0 Å². The van der Waals surface area contributed by atoms with E-state index in [0.717, 1.165) is 36.8 Å². The molecule has 0 spiro atoms. The second-order valence-corrected chi connectivity index (χ2v) is 17.7. The van der Waals surface area contributed by atoms with Crippen molar-refractivity contribution in [3.05, 3.63) is 81.1 Å². The molecular formula is C45H63ClFNO6. The third-order valence-electron chi connectivity index (χ3n) is 13.1. The number of carbonyl (C=O) groups excluding carboxylic acids is 2. The molecule has 54 heavy (non-hydrogen) atoms. The van der Waals surface area contributed by atoms with E-state index in [-0.39, 0.29) is 47.3 Å². The minimum absolute atomic E-state index is 0.0955. The molecular weight excluding hydrogens is 705 g/mol. The van der Waals surface area contributed by atoms with Crippen molar-refractivity contribution >= 4 is 23.5 Å². The van der Waals surface area contributed by atoms with Gasteiger partial charge in [-0.3, -0.25) is 4.79 Å². The van der Waals surface area contributed by atoms with Gasteiger partial charge in [0, 0.05) is 48.2 Å². The van der Waals surface area contributed by atoms with Crippen LogP contribution in [0.4, 0.5) is 9.18 Å². The highest BCUT2D eigenvalue weighted by molar-refractivity contribution is 6.31. The SMILES string of the molecule is COCCCN(CC1(O)CCC2c3ccc(cc3C(=O)Cc3c(F)cccc3Cl)CC(O)CCC(C)=CCCC21C)C(=O)OC1CC(C)CCC1C(C)C. The van der Waals surface area contributed by atoms with Crippen molar-refractivity contribution < 1.29 is 33.7 Å². The highest BCUT2D eigenvalue weighted by Crippen LogP contribution is 2.59. The number of carbonyl (C=O) groups is 2. The fourth-order valence-electron chi connectivity index (χ4n) is 9.60. The first-order valence-electron chi connectivity index (χ1n) is 20.2. The van der Waals surface area contributed by atoms with E-state index in [1.54, 1.807) is 18.1 Å². The van der Waals surface area contributed by atoms with E-state index >= 15 is 0 Å². The van der Waals surface area contributed by atoms with Crippen LogP contribution in [-0.4, -0.2) is 71.6 Å². The van der Waals surface area contributed by atoms with Crippen LogP contribution in [0.3, 0.4) is 0 Å². The van der Waals surface area contributed by atoms with Crippen LogP contribution in [0.2, 0.25) is 5.02 Å². The molecule has 7 unspecified atom stereocenters. The zero-order chi connectivity index (χ0) is 39.2. The summed E-state index contributed by atoms with van der Waals surface area (Å²) in [6, 6.07) is 10.2. The Morgan fingerprint density at radius 2 is 1.89 bits per heavy atom. The van der Waals surface area contributed by atoms with Crippen molar-refractivity contribution in [3.8, 4) is 0 Å². The maximum absolute atomic E-state index is 15.0. The number of hydrogen-bond acceptors (Lipinski definition) is 6. The normalized spacial score (nSPS) is 29.0. The minimum atomic E-state index is -1.30. The van der Waals surface area contributed by atoms with E-state index < -0.39 is 29.0 Å². The number of ketones is 1. The van der Waals surface area contributed by atoms with Gasteiger partial charge in [-0.05, 0) is 124 Å². The highest BCUT2D eigenvalue weighted by Gasteiger charge is 2.58. The minimum Gasteiger partial charge on any atom is -0.446 e. The molecule has 6 rings (SSSR count). The molecule has 2 N–H and O–H groups in total. The van der Waals surface area contributed by atoms with Crippen LogP contribution in [0.15, 0.2) is 48.0 Å². The zero-order valence-corrected chi connectivity index (χ0v) is 34.1. The molecule has 0 saturated heterocycles. The molecule has 0 heterocycles. The molecule has 2 saturated carbocycles. The summed E-state index contributed by atoms with van der Waals surface area (Å²) in [5.74, 6) is 0.112. The number of Topliss-reactive ketones (excluding diaryl/α,β-unsaturated/α-hetero) is 1. The van der Waals surface area contributed by atoms with E-state index in [4.69, 9.17) is 21.1 Å². The average Bonchev–Trinajstić information content (AvgIpc) is 3.37. The van der Waals surface area contributed by atoms with Crippen LogP contribution in [-0.2, 0) is 22.3 Å². The summed E-state index contributed by atoms with van der Waals surface area (Å²) >= 11 is 6.40. The number of benzene rings is 2. The lowest BCUT2D eigenvalue weighted by Gasteiger charge is -2.46. The van der Waals surface area contributed by atoms with Crippen LogP contribution in [0.1, 0.15) is 132 Å². The van der Waals surface area contributed by atoms with Crippen LogP contribution in [0.25, 0.3) is 0 Å². The number of rotatable bonds is 11. The first kappa shape index (κ1) is 42.4. The number of ether oxygens (including phenoxy) is 2. The van der Waals surface area contributed by atoms with Crippen molar-refractivity contribution in [2.45, 2.75) is 135 Å². The van der Waals surface area contributed by atoms with E-state index in [2.05, 4.69) is 40.7 Å². The molecule has 9 heteroatoms. The van der Waals surface area contributed by atoms with Gasteiger partial charge in [0.2, 0.25) is 0 Å². The molecule has 4 aliphatic rings. The van der Waals surface area contributed by atoms with Gasteiger partial charge in [0.05, 0.1) is 18.2 Å². The predicted octanol–water partition coefficient (Wildman–Crippen LogP) is 9.88. The lowest BCUT2D eigenvalue weighted by Crippen LogP contribution is -2.54. The summed E-state index contributed by atoms with van der Waals surface area (Å²) in [7, 11) is 1.64. The molecule has 2 fully saturated rings. The number of allylic oxidation sites excluding steroid dienone is 2. The van der Waals surface area contributed by atoms with Gasteiger partial charge in [-0.25, -0.2) is 9.18 Å². The summed E-state index contributed by atoms with van der Waals surface area (Å²) in [5.41, 5.74) is 1.37. The number of nitrogens with zero attached hydrogens (tertiary/aromatic N) is 1. The topological polar surface area (TPSA) is 96.3 Å². The van der Waals surface area contributed by atoms with Crippen LogP contribution in [0, 0.1) is 29.0 Å². The molecule has 2 aromatic rings. The van der Waals surface area contributed by atoms with Crippen molar-refractivity contribution in [3.63, 3.8) is 0 Å². The monoisotopic (exact) mass is 767 g/mol. The van der Waals surface area contributed by atoms with Crippen LogP contribution in [0.5, 0.6) is 0 Å². The quantitative estimate of drug-likeness (QED) is 0.134. The summed E-state index contributed by atoms with van der Waals surface area (Å²) in [5, 5.41) is 24.2. The maximum atomic E-state index is 15.0. The van der Waals surface area contributed by atoms with Gasteiger partial charge in [0.1, 0.15) is 11.9 Å². The van der Waals surface area contributed by atoms with E-state index in [1.165, 1.54) is 17.7 Å². The maximum Gasteiger partial charge on any atom is 0.410 e. The Labute approximate surface area is 327 Å². The van der Waals surface area contributed by atoms with Crippen molar-refractivity contribution in [1.82, 2.24) is 4.90 Å². The van der Waals surface area contributed by atoms with E-state index in [0.29, 0.717) is 75.5 Å². The molecule has 0 aliphatic heterocycles. The number of amides is 1. The van der Waals surface area contributed by atoms with Crippen LogP contribution < -0.4 is 0 Å². The lowest BCUT2D eigenvalue weighted by molar-refractivity contribution is -0.0868. The van der Waals surface area contributed by atoms with Crippen molar-refractivity contribution in [1.29, 1.82) is 0 Å². The first-order chi connectivity index (χ1) is 25.7. The summed E-state index contributed by atoms with van der Waals surface area (Å²) in [4.78, 5) is 30.2. The zero-order valence-electron chi connectivity index (χ0n) is 33.3. The average molecular weight is 768 g/mol. The Morgan fingerprint density at radius 1 is 1.11 bits per heavy atom. The van der Waals surface area contributed by atoms with Crippen molar-refractivity contribution in [2.75, 3.05) is 26.8 Å². The molecule has 2 bridgehead atoms. The molecule has 2 aromatic carbocycles. The molecule has 7 nitrogen and oxygen atoms in total. The Kier molecular flexibility index (Phi) is 14.5. The first-order valence-corrected chi connectivity index (χ1v) is 20.6. The van der Waals surface area contributed by atoms with E-state index in [1.807, 2.05) is 18.2 Å². The number of aliphatic hydroxyl groups is 2. The molecule has 298 valence electrons. The summed E-state index contributed by atoms with van der Waals surface area (Å²) in [6.45, 7) is 11.8. The summed E-state index contributed by atoms with van der Waals surface area (Å²) in [6.07, 6.45) is 8.44. The standard InChI is InChI=1S/C45H63ClFNO6/c1-29(2)34-17-14-31(4)24-42(34)54-43(51)48(22-9-23-53-6)28-45(52)21-19-38-35-18-15-32(25-33(49)16-13-30(3)10-8-20-44(38,45)5)26-36(35)41(50)27-37-39(46)11-7-12-40(37)47/h7,10-12,15,18,26,29,31,33-34,38,42,49,52H,8-9,13-14,16-17,19-25,27-28H2,1-6H3. The summed E-state index contributed by atoms with van der Waals surface area (Å²) < 4.78 is 26.7. The third kappa shape index (κ3) is 9.77. The Hall–Kier alpha value is -2.78. The van der Waals surface area contributed by atoms with Gasteiger partial charge in [0.15, 0.2) is 5.78 Å². The Morgan fingerprint density at radius 3 is 2.61 bits per heavy atom. The molecule has 0 radical (unpaired) electrons. The van der Waals surface area contributed by atoms with Crippen LogP contribution >= 0.6 is 11.6 Å². The second kappa shape index (κ2) is 18.4. The Bertz CT molecular complexity index is 1630. The van der Waals surface area contributed by atoms with E-state index in [9.17, 15) is 24.2 Å². The lowest BCUT2D eigenvalue weighted by atomic mass is 9.64. The predicted molar refractivity (Wildman–Crippen MR) is 213 cm³/mol. The van der Waals surface area contributed by atoms with Gasteiger partial charge in [-0.15, -0.1) is 0 Å². The molecule has 1 amide bonds. The molecule has 0 aromatic heterocycles. The van der Waals surface area contributed by atoms with Gasteiger partial charge < -0.3 is 24.6 Å². The smallest absolute Gasteiger partial charge is 0.410 e. The molecule has 4 aliphatic carbocycles. The van der Waals surface area contributed by atoms with Gasteiger partial charge >= 0.3 is 6.09 Å². The largest absolute Gasteiger partial charge is 0.446 e. The fourth-order valence-corrected chi connectivity index (χ4v) is 9.83. The number of methoxy groups -OCH3 is 1. The number of halogens is 2. The Balaban J connectivity index is 1.53. The van der Waals surface area contributed by atoms with Gasteiger partial charge in [-0.1, -0.05) is 75.6 Å². The fraction of sp³-hybridized carbons (Fsp3) is 0.644. The van der Waals surface area contributed by atoms with Crippen molar-refractivity contribution in [2.24, 2.45) is 23.2 Å². The second-order valence-electron chi connectivity index (χ2n) is 17.3. The van der Waals surface area contributed by atoms with Gasteiger partial charge in [0.25, 0.3) is 0 Å². The third-order valence-corrected chi connectivity index (χ3v) is 13.4. The number of fused-ring (bicyclic) bond motifs is 8.